The highest BCUT2D eigenvalue weighted by Gasteiger charge is 2.23. The number of H-pyrrole nitrogens is 1. The fraction of sp³-hybridized carbons (Fsp3) is 0.500. The fourth-order valence-electron chi connectivity index (χ4n) is 2.19. The normalized spacial score (nSPS) is 19.5. The zero-order chi connectivity index (χ0) is 13.1. The van der Waals surface area contributed by atoms with E-state index in [-0.39, 0.29) is 23.4 Å². The summed E-state index contributed by atoms with van der Waals surface area (Å²) in [7, 11) is 1.72. The minimum absolute atomic E-state index is 0.132. The Morgan fingerprint density at radius 1 is 1.50 bits per heavy atom. The van der Waals surface area contributed by atoms with Gasteiger partial charge in [-0.1, -0.05) is 0 Å². The molecule has 0 radical (unpaired) electrons. The third-order valence-electron chi connectivity index (χ3n) is 3.22. The molecular weight excluding hydrogens is 234 g/mol. The van der Waals surface area contributed by atoms with Crippen LogP contribution in [0.15, 0.2) is 16.9 Å². The summed E-state index contributed by atoms with van der Waals surface area (Å²) in [5.41, 5.74) is -0.266. The molecule has 1 atom stereocenters. The van der Waals surface area contributed by atoms with Gasteiger partial charge in [0.15, 0.2) is 5.88 Å². The number of rotatable bonds is 2. The van der Waals surface area contributed by atoms with Crippen molar-refractivity contribution in [1.82, 2.24) is 15.2 Å². The van der Waals surface area contributed by atoms with Gasteiger partial charge in [0, 0.05) is 31.8 Å². The second-order valence-corrected chi connectivity index (χ2v) is 4.53. The van der Waals surface area contributed by atoms with Crippen molar-refractivity contribution in [3.8, 4) is 5.88 Å². The van der Waals surface area contributed by atoms with E-state index in [2.05, 4.69) is 10.3 Å². The highest BCUT2D eigenvalue weighted by Crippen LogP contribution is 2.13. The topological polar surface area (TPSA) is 85.4 Å². The lowest BCUT2D eigenvalue weighted by molar-refractivity contribution is 0.0707. The first-order valence-corrected chi connectivity index (χ1v) is 5.99. The number of aromatic hydroxyl groups is 1. The Hall–Kier alpha value is -1.82. The molecule has 6 nitrogen and oxygen atoms in total. The Labute approximate surface area is 105 Å². The Morgan fingerprint density at radius 3 is 2.89 bits per heavy atom. The van der Waals surface area contributed by atoms with Gasteiger partial charge in [-0.15, -0.1) is 0 Å². The lowest BCUT2D eigenvalue weighted by atomic mass is 10.1. The molecule has 1 aromatic heterocycles. The number of amides is 1. The SMILES string of the molecule is CN(C(=O)c1cc(O)[nH]c(=O)c1)C1CCCNC1. The summed E-state index contributed by atoms with van der Waals surface area (Å²) >= 11 is 0. The maximum Gasteiger partial charge on any atom is 0.254 e. The largest absolute Gasteiger partial charge is 0.494 e. The van der Waals surface area contributed by atoms with Crippen LogP contribution in [0.5, 0.6) is 5.88 Å². The van der Waals surface area contributed by atoms with E-state index in [1.165, 1.54) is 12.1 Å². The Kier molecular flexibility index (Phi) is 3.66. The predicted octanol–water partition coefficient (Wildman–Crippen LogP) is -0.0955. The Balaban J connectivity index is 2.16. The number of hydrogen-bond donors (Lipinski definition) is 3. The maximum absolute atomic E-state index is 12.2. The van der Waals surface area contributed by atoms with Gasteiger partial charge in [-0.2, -0.15) is 0 Å². The molecule has 0 saturated carbocycles. The smallest absolute Gasteiger partial charge is 0.254 e. The zero-order valence-corrected chi connectivity index (χ0v) is 10.3. The number of carbonyl (C=O) groups excluding carboxylic acids is 1. The number of carbonyl (C=O) groups is 1. The molecule has 18 heavy (non-hydrogen) atoms. The van der Waals surface area contributed by atoms with Crippen LogP contribution in [0.4, 0.5) is 0 Å². The number of piperidine rings is 1. The molecule has 1 aromatic rings. The van der Waals surface area contributed by atoms with Crippen molar-refractivity contribution in [2.24, 2.45) is 0 Å². The van der Waals surface area contributed by atoms with Gasteiger partial charge in [0.05, 0.1) is 5.56 Å². The van der Waals surface area contributed by atoms with Gasteiger partial charge >= 0.3 is 0 Å². The molecule has 0 aliphatic carbocycles. The first-order chi connectivity index (χ1) is 8.58. The molecule has 3 N–H and O–H groups in total. The summed E-state index contributed by atoms with van der Waals surface area (Å²) in [5, 5.41) is 12.5. The minimum atomic E-state index is -0.478. The number of aromatic nitrogens is 1. The molecule has 98 valence electrons. The van der Waals surface area contributed by atoms with Crippen LogP contribution in [0.3, 0.4) is 0 Å². The molecule has 2 heterocycles. The van der Waals surface area contributed by atoms with Crippen LogP contribution >= 0.6 is 0 Å². The zero-order valence-electron chi connectivity index (χ0n) is 10.3. The molecule has 1 unspecified atom stereocenters. The van der Waals surface area contributed by atoms with Crippen molar-refractivity contribution in [1.29, 1.82) is 0 Å². The molecule has 0 bridgehead atoms. The van der Waals surface area contributed by atoms with Gasteiger partial charge in [-0.25, -0.2) is 0 Å². The van der Waals surface area contributed by atoms with Crippen molar-refractivity contribution in [2.75, 3.05) is 20.1 Å². The Bertz CT molecular complexity index is 492. The molecule has 1 amide bonds. The molecule has 1 aliphatic rings. The molecule has 0 spiro atoms. The van der Waals surface area contributed by atoms with Crippen LogP contribution in [-0.2, 0) is 0 Å². The highest BCUT2D eigenvalue weighted by molar-refractivity contribution is 5.94. The maximum atomic E-state index is 12.2. The van der Waals surface area contributed by atoms with E-state index in [4.69, 9.17) is 0 Å². The van der Waals surface area contributed by atoms with Gasteiger partial charge in [0.1, 0.15) is 0 Å². The van der Waals surface area contributed by atoms with E-state index in [1.54, 1.807) is 11.9 Å². The highest BCUT2D eigenvalue weighted by atomic mass is 16.3. The molecule has 1 fully saturated rings. The lowest BCUT2D eigenvalue weighted by Crippen LogP contribution is -2.46. The van der Waals surface area contributed by atoms with Crippen LogP contribution in [-0.4, -0.2) is 47.1 Å². The monoisotopic (exact) mass is 251 g/mol. The van der Waals surface area contributed by atoms with Gasteiger partial charge in [-0.05, 0) is 19.4 Å². The van der Waals surface area contributed by atoms with Gasteiger partial charge < -0.3 is 15.3 Å². The van der Waals surface area contributed by atoms with E-state index in [9.17, 15) is 14.7 Å². The average molecular weight is 251 g/mol. The predicted molar refractivity (Wildman–Crippen MR) is 66.7 cm³/mol. The van der Waals surface area contributed by atoms with Crippen molar-refractivity contribution in [3.63, 3.8) is 0 Å². The van der Waals surface area contributed by atoms with Gasteiger partial charge in [-0.3, -0.25) is 14.6 Å². The summed E-state index contributed by atoms with van der Waals surface area (Å²) in [5.74, 6) is -0.536. The first kappa shape index (κ1) is 12.6. The summed E-state index contributed by atoms with van der Waals surface area (Å²) < 4.78 is 0. The summed E-state index contributed by atoms with van der Waals surface area (Å²) in [6, 6.07) is 2.61. The van der Waals surface area contributed by atoms with Crippen LogP contribution in [0.1, 0.15) is 23.2 Å². The number of nitrogens with one attached hydrogen (secondary N) is 2. The van der Waals surface area contributed by atoms with Crippen molar-refractivity contribution < 1.29 is 9.90 Å². The summed E-state index contributed by atoms with van der Waals surface area (Å²) in [6.45, 7) is 1.74. The third kappa shape index (κ3) is 2.70. The number of likely N-dealkylation sites (N-methyl/N-ethyl adjacent to an activating group) is 1. The van der Waals surface area contributed by atoms with Crippen molar-refractivity contribution in [2.45, 2.75) is 18.9 Å². The Morgan fingerprint density at radius 2 is 2.28 bits per heavy atom. The van der Waals surface area contributed by atoms with Crippen molar-refractivity contribution in [3.05, 3.63) is 28.0 Å². The standard InChI is InChI=1S/C12H17N3O3/c1-15(9-3-2-4-13-7-9)12(18)8-5-10(16)14-11(17)6-8/h5-6,9,13H,2-4,7H2,1H3,(H2,14,16,17). The quantitative estimate of drug-likeness (QED) is 0.685. The van der Waals surface area contributed by atoms with Crippen LogP contribution in [0.2, 0.25) is 0 Å². The molecule has 1 aliphatic heterocycles. The number of aromatic amines is 1. The number of nitrogens with zero attached hydrogens (tertiary/aromatic N) is 1. The van der Waals surface area contributed by atoms with E-state index < -0.39 is 5.56 Å². The summed E-state index contributed by atoms with van der Waals surface area (Å²) in [4.78, 5) is 27.2. The fourth-order valence-corrected chi connectivity index (χ4v) is 2.19. The van der Waals surface area contributed by atoms with E-state index in [0.717, 1.165) is 25.9 Å². The summed E-state index contributed by atoms with van der Waals surface area (Å²) in [6.07, 6.45) is 1.98. The van der Waals surface area contributed by atoms with Crippen LogP contribution in [0.25, 0.3) is 0 Å². The van der Waals surface area contributed by atoms with Crippen molar-refractivity contribution >= 4 is 5.91 Å². The van der Waals surface area contributed by atoms with E-state index in [1.807, 2.05) is 0 Å². The molecule has 6 heteroatoms. The lowest BCUT2D eigenvalue weighted by Gasteiger charge is -2.31. The third-order valence-corrected chi connectivity index (χ3v) is 3.22. The van der Waals surface area contributed by atoms with Crippen LogP contribution in [0, 0.1) is 0 Å². The molecular formula is C12H17N3O3. The van der Waals surface area contributed by atoms with Gasteiger partial charge in [0.25, 0.3) is 11.5 Å². The second-order valence-electron chi connectivity index (χ2n) is 4.53. The molecule has 1 saturated heterocycles. The van der Waals surface area contributed by atoms with E-state index >= 15 is 0 Å². The van der Waals surface area contributed by atoms with E-state index in [0.29, 0.717) is 0 Å². The number of pyridine rings is 1. The number of hydrogen-bond acceptors (Lipinski definition) is 4. The average Bonchev–Trinajstić information content (AvgIpc) is 2.37. The van der Waals surface area contributed by atoms with Crippen LogP contribution < -0.4 is 10.9 Å². The first-order valence-electron chi connectivity index (χ1n) is 5.99. The van der Waals surface area contributed by atoms with Gasteiger partial charge in [0.2, 0.25) is 0 Å². The second kappa shape index (κ2) is 5.22. The molecule has 0 aromatic carbocycles. The molecule has 2 rings (SSSR count). The minimum Gasteiger partial charge on any atom is -0.494 e.